The zero-order chi connectivity index (χ0) is 8.27. The maximum absolute atomic E-state index is 10.9. The minimum Gasteiger partial charge on any atom is -0.378 e. The van der Waals surface area contributed by atoms with E-state index in [0.29, 0.717) is 13.1 Å². The van der Waals surface area contributed by atoms with Gasteiger partial charge in [-0.3, -0.25) is 4.79 Å². The van der Waals surface area contributed by atoms with Crippen LogP contribution in [0, 0.1) is 11.3 Å². The molecule has 0 unspecified atom stereocenters. The van der Waals surface area contributed by atoms with Crippen molar-refractivity contribution in [2.45, 2.75) is 12.5 Å². The molecule has 1 fully saturated rings. The van der Waals surface area contributed by atoms with Crippen LogP contribution < -0.4 is 0 Å². The van der Waals surface area contributed by atoms with Crippen molar-refractivity contribution in [3.05, 3.63) is 0 Å². The summed E-state index contributed by atoms with van der Waals surface area (Å²) in [7, 11) is 1.62. The third-order valence-electron chi connectivity index (χ3n) is 1.76. The van der Waals surface area contributed by atoms with Crippen LogP contribution >= 0.6 is 0 Å². The monoisotopic (exact) mass is 154 g/mol. The van der Waals surface area contributed by atoms with Crippen LogP contribution in [0.25, 0.3) is 0 Å². The van der Waals surface area contributed by atoms with Gasteiger partial charge in [0.2, 0.25) is 5.91 Å². The quantitative estimate of drug-likeness (QED) is 0.551. The Hall–Kier alpha value is -1.08. The summed E-state index contributed by atoms with van der Waals surface area (Å²) < 4.78 is 4.97. The second-order valence-electron chi connectivity index (χ2n) is 2.49. The van der Waals surface area contributed by atoms with Crippen LogP contribution in [-0.2, 0) is 9.53 Å². The molecule has 0 aromatic rings. The minimum absolute atomic E-state index is 0.0174. The molecule has 0 aliphatic carbocycles. The van der Waals surface area contributed by atoms with Crippen LogP contribution in [0.4, 0.5) is 0 Å². The van der Waals surface area contributed by atoms with Crippen molar-refractivity contribution < 1.29 is 9.53 Å². The van der Waals surface area contributed by atoms with Crippen LogP contribution in [-0.4, -0.2) is 37.1 Å². The molecule has 4 heteroatoms. The van der Waals surface area contributed by atoms with Crippen LogP contribution in [0.3, 0.4) is 0 Å². The normalized spacial score (nSPS) is 17.3. The van der Waals surface area contributed by atoms with Crippen molar-refractivity contribution in [2.75, 3.05) is 20.2 Å². The van der Waals surface area contributed by atoms with Crippen LogP contribution in [0.1, 0.15) is 6.42 Å². The van der Waals surface area contributed by atoms with Crippen molar-refractivity contribution in [2.24, 2.45) is 0 Å². The number of hydrogen-bond acceptors (Lipinski definition) is 3. The number of methoxy groups -OCH3 is 1. The minimum atomic E-state index is -0.0965. The standard InChI is InChI=1S/C7H10N2O2/c1-11-6-4-9(5-6)7(10)2-3-8/h6H,2,4-5H2,1H3. The van der Waals surface area contributed by atoms with Gasteiger partial charge >= 0.3 is 0 Å². The highest BCUT2D eigenvalue weighted by molar-refractivity contribution is 5.79. The molecule has 1 rings (SSSR count). The smallest absolute Gasteiger partial charge is 0.236 e. The molecular weight excluding hydrogens is 144 g/mol. The summed E-state index contributed by atoms with van der Waals surface area (Å²) in [4.78, 5) is 12.6. The fraction of sp³-hybridized carbons (Fsp3) is 0.714. The lowest BCUT2D eigenvalue weighted by Gasteiger charge is -2.37. The summed E-state index contributed by atoms with van der Waals surface area (Å²) in [6.45, 7) is 1.27. The van der Waals surface area contributed by atoms with E-state index in [1.807, 2.05) is 6.07 Å². The van der Waals surface area contributed by atoms with Gasteiger partial charge in [0.1, 0.15) is 6.42 Å². The molecule has 1 heterocycles. The van der Waals surface area contributed by atoms with Gasteiger partial charge in [-0.1, -0.05) is 0 Å². The largest absolute Gasteiger partial charge is 0.378 e. The molecule has 60 valence electrons. The summed E-state index contributed by atoms with van der Waals surface area (Å²) in [5, 5.41) is 8.20. The van der Waals surface area contributed by atoms with Crippen molar-refractivity contribution in [3.8, 4) is 6.07 Å². The molecule has 1 saturated heterocycles. The van der Waals surface area contributed by atoms with E-state index < -0.39 is 0 Å². The average Bonchev–Trinajstić information content (AvgIpc) is 1.86. The summed E-state index contributed by atoms with van der Waals surface area (Å²) in [5.41, 5.74) is 0. The Kier molecular flexibility index (Phi) is 2.44. The highest BCUT2D eigenvalue weighted by atomic mass is 16.5. The van der Waals surface area contributed by atoms with Crippen molar-refractivity contribution in [1.29, 1.82) is 5.26 Å². The molecular formula is C7H10N2O2. The third kappa shape index (κ3) is 1.69. The molecule has 0 spiro atoms. The van der Waals surface area contributed by atoms with Gasteiger partial charge in [0.15, 0.2) is 0 Å². The number of hydrogen-bond donors (Lipinski definition) is 0. The van der Waals surface area contributed by atoms with Gasteiger partial charge in [0.05, 0.1) is 12.2 Å². The van der Waals surface area contributed by atoms with Gasteiger partial charge in [-0.05, 0) is 0 Å². The zero-order valence-electron chi connectivity index (χ0n) is 6.41. The van der Waals surface area contributed by atoms with E-state index in [4.69, 9.17) is 10.00 Å². The zero-order valence-corrected chi connectivity index (χ0v) is 6.41. The molecule has 1 aliphatic rings. The number of amides is 1. The first-order valence-corrected chi connectivity index (χ1v) is 3.45. The molecule has 0 bridgehead atoms. The number of nitrogens with zero attached hydrogens (tertiary/aromatic N) is 2. The first-order valence-electron chi connectivity index (χ1n) is 3.45. The summed E-state index contributed by atoms with van der Waals surface area (Å²) >= 11 is 0. The second-order valence-corrected chi connectivity index (χ2v) is 2.49. The second kappa shape index (κ2) is 3.35. The lowest BCUT2D eigenvalue weighted by Crippen LogP contribution is -2.54. The Labute approximate surface area is 65.4 Å². The van der Waals surface area contributed by atoms with E-state index in [0.717, 1.165) is 0 Å². The predicted molar refractivity (Wildman–Crippen MR) is 37.6 cm³/mol. The van der Waals surface area contributed by atoms with Crippen LogP contribution in [0.15, 0.2) is 0 Å². The Morgan fingerprint density at radius 1 is 1.82 bits per heavy atom. The Morgan fingerprint density at radius 2 is 2.45 bits per heavy atom. The van der Waals surface area contributed by atoms with E-state index >= 15 is 0 Å². The third-order valence-corrected chi connectivity index (χ3v) is 1.76. The summed E-state index contributed by atoms with van der Waals surface area (Å²) in [5.74, 6) is -0.0965. The molecule has 0 aromatic heterocycles. The molecule has 0 aromatic carbocycles. The predicted octanol–water partition coefficient (Wildman–Crippen LogP) is -0.243. The molecule has 1 aliphatic heterocycles. The number of carbonyl (C=O) groups excluding carboxylic acids is 1. The summed E-state index contributed by atoms with van der Waals surface area (Å²) in [6.07, 6.45) is 0.161. The topological polar surface area (TPSA) is 53.3 Å². The fourth-order valence-electron chi connectivity index (χ4n) is 0.970. The molecule has 0 radical (unpaired) electrons. The van der Waals surface area contributed by atoms with Gasteiger partial charge in [0.25, 0.3) is 0 Å². The average molecular weight is 154 g/mol. The molecule has 0 saturated carbocycles. The van der Waals surface area contributed by atoms with Crippen LogP contribution in [0.2, 0.25) is 0 Å². The molecule has 0 N–H and O–H groups in total. The molecule has 1 amide bonds. The fourth-order valence-corrected chi connectivity index (χ4v) is 0.970. The first-order chi connectivity index (χ1) is 5.27. The highest BCUT2D eigenvalue weighted by Gasteiger charge is 2.29. The SMILES string of the molecule is COC1CN(C(=O)CC#N)C1. The van der Waals surface area contributed by atoms with Crippen LogP contribution in [0.5, 0.6) is 0 Å². The van der Waals surface area contributed by atoms with Gasteiger partial charge in [0, 0.05) is 20.2 Å². The van der Waals surface area contributed by atoms with Crippen molar-refractivity contribution in [3.63, 3.8) is 0 Å². The Balaban J connectivity index is 2.22. The van der Waals surface area contributed by atoms with E-state index in [1.54, 1.807) is 12.0 Å². The van der Waals surface area contributed by atoms with E-state index in [2.05, 4.69) is 0 Å². The molecule has 11 heavy (non-hydrogen) atoms. The molecule has 4 nitrogen and oxygen atoms in total. The van der Waals surface area contributed by atoms with Gasteiger partial charge in [-0.25, -0.2) is 0 Å². The van der Waals surface area contributed by atoms with Gasteiger partial charge in [-0.2, -0.15) is 5.26 Å². The van der Waals surface area contributed by atoms with E-state index in [1.165, 1.54) is 0 Å². The first kappa shape index (κ1) is 8.02. The number of ether oxygens (including phenoxy) is 1. The van der Waals surface area contributed by atoms with E-state index in [9.17, 15) is 4.79 Å². The highest BCUT2D eigenvalue weighted by Crippen LogP contribution is 2.11. The lowest BCUT2D eigenvalue weighted by molar-refractivity contribution is -0.141. The number of likely N-dealkylation sites (tertiary alicyclic amines) is 1. The lowest BCUT2D eigenvalue weighted by atomic mass is 10.1. The molecule has 0 atom stereocenters. The van der Waals surface area contributed by atoms with Crippen molar-refractivity contribution >= 4 is 5.91 Å². The number of rotatable bonds is 2. The number of nitriles is 1. The van der Waals surface area contributed by atoms with E-state index in [-0.39, 0.29) is 18.4 Å². The Bertz CT molecular complexity index is 191. The van der Waals surface area contributed by atoms with Crippen molar-refractivity contribution in [1.82, 2.24) is 4.90 Å². The summed E-state index contributed by atoms with van der Waals surface area (Å²) in [6, 6.07) is 1.82. The van der Waals surface area contributed by atoms with Gasteiger partial charge in [-0.15, -0.1) is 0 Å². The van der Waals surface area contributed by atoms with Gasteiger partial charge < -0.3 is 9.64 Å². The Morgan fingerprint density at radius 3 is 2.91 bits per heavy atom. The maximum Gasteiger partial charge on any atom is 0.236 e. The maximum atomic E-state index is 10.9. The number of carbonyl (C=O) groups is 1.